The second-order valence-corrected chi connectivity index (χ2v) is 8.81. The standard InChI is InChI=1S/C14H22F3N5O2S2/c1-18-13(20-8-12-22-11(9-25-12)14(15,16)17)19-5-6-26(23,24)21-7-10-3-2-4-10/h9-10,21H,2-8H2,1H3,(H2,18,19,20). The van der Waals surface area contributed by atoms with Crippen LogP contribution in [0.5, 0.6) is 0 Å². The van der Waals surface area contributed by atoms with E-state index >= 15 is 0 Å². The van der Waals surface area contributed by atoms with Crippen LogP contribution in [0.3, 0.4) is 0 Å². The van der Waals surface area contributed by atoms with Crippen LogP contribution >= 0.6 is 11.3 Å². The van der Waals surface area contributed by atoms with E-state index in [2.05, 4.69) is 25.3 Å². The molecule has 1 fully saturated rings. The molecule has 0 atom stereocenters. The van der Waals surface area contributed by atoms with Crippen LogP contribution in [0.15, 0.2) is 10.4 Å². The lowest BCUT2D eigenvalue weighted by Crippen LogP contribution is -2.41. The molecule has 7 nitrogen and oxygen atoms in total. The third kappa shape index (κ3) is 6.72. The molecule has 148 valence electrons. The molecule has 0 aromatic carbocycles. The van der Waals surface area contributed by atoms with Crippen LogP contribution in [0.25, 0.3) is 0 Å². The summed E-state index contributed by atoms with van der Waals surface area (Å²) in [5.41, 5.74) is -0.925. The summed E-state index contributed by atoms with van der Waals surface area (Å²) in [6, 6.07) is 0. The molecular formula is C14H22F3N5O2S2. The van der Waals surface area contributed by atoms with Gasteiger partial charge in [-0.15, -0.1) is 11.3 Å². The topological polar surface area (TPSA) is 95.5 Å². The molecule has 1 aromatic rings. The zero-order chi connectivity index (χ0) is 19.2. The molecule has 0 amide bonds. The van der Waals surface area contributed by atoms with Crippen molar-refractivity contribution < 1.29 is 21.6 Å². The van der Waals surface area contributed by atoms with E-state index in [-0.39, 0.29) is 23.8 Å². The summed E-state index contributed by atoms with van der Waals surface area (Å²) < 4.78 is 63.9. The number of hydrogen-bond acceptors (Lipinski definition) is 5. The lowest BCUT2D eigenvalue weighted by atomic mass is 9.86. The summed E-state index contributed by atoms with van der Waals surface area (Å²) in [7, 11) is -1.88. The molecule has 0 radical (unpaired) electrons. The fourth-order valence-electron chi connectivity index (χ4n) is 2.22. The molecule has 0 saturated heterocycles. The second kappa shape index (κ2) is 9.00. The van der Waals surface area contributed by atoms with Gasteiger partial charge < -0.3 is 10.6 Å². The minimum atomic E-state index is -4.46. The lowest BCUT2D eigenvalue weighted by Gasteiger charge is -2.25. The fraction of sp³-hybridized carbons (Fsp3) is 0.714. The summed E-state index contributed by atoms with van der Waals surface area (Å²) in [6.45, 7) is 0.666. The van der Waals surface area contributed by atoms with Gasteiger partial charge in [0.1, 0.15) is 5.01 Å². The zero-order valence-corrected chi connectivity index (χ0v) is 15.9. The smallest absolute Gasteiger partial charge is 0.355 e. The van der Waals surface area contributed by atoms with Crippen LogP contribution in [0.4, 0.5) is 13.2 Å². The van der Waals surface area contributed by atoms with E-state index < -0.39 is 21.9 Å². The highest BCUT2D eigenvalue weighted by Gasteiger charge is 2.33. The normalized spacial score (nSPS) is 16.4. The SMILES string of the molecule is CN=C(NCCS(=O)(=O)NCC1CCC1)NCc1nc(C(F)(F)F)cs1. The number of nitrogens with one attached hydrogen (secondary N) is 3. The van der Waals surface area contributed by atoms with Crippen LogP contribution in [0, 0.1) is 5.92 Å². The van der Waals surface area contributed by atoms with Gasteiger partial charge in [0.05, 0.1) is 12.3 Å². The third-order valence-corrected chi connectivity index (χ3v) is 6.15. The summed E-state index contributed by atoms with van der Waals surface area (Å²) in [4.78, 5) is 7.41. The van der Waals surface area contributed by atoms with Gasteiger partial charge in [0.25, 0.3) is 0 Å². The first-order chi connectivity index (χ1) is 12.2. The Hall–Kier alpha value is -1.40. The molecule has 26 heavy (non-hydrogen) atoms. The van der Waals surface area contributed by atoms with Crippen LogP contribution in [-0.4, -0.2) is 45.3 Å². The van der Waals surface area contributed by atoms with E-state index in [1.54, 1.807) is 0 Å². The van der Waals surface area contributed by atoms with Crippen LogP contribution in [0.1, 0.15) is 30.0 Å². The predicted octanol–water partition coefficient (Wildman–Crippen LogP) is 1.55. The second-order valence-electron chi connectivity index (χ2n) is 5.94. The Morgan fingerprint density at radius 1 is 1.38 bits per heavy atom. The highest BCUT2D eigenvalue weighted by molar-refractivity contribution is 7.89. The van der Waals surface area contributed by atoms with Crippen molar-refractivity contribution in [1.82, 2.24) is 20.3 Å². The van der Waals surface area contributed by atoms with Gasteiger partial charge >= 0.3 is 6.18 Å². The van der Waals surface area contributed by atoms with Gasteiger partial charge in [0, 0.05) is 25.5 Å². The van der Waals surface area contributed by atoms with Gasteiger partial charge in [0.2, 0.25) is 10.0 Å². The monoisotopic (exact) mass is 413 g/mol. The maximum Gasteiger partial charge on any atom is 0.434 e. The van der Waals surface area contributed by atoms with Crippen molar-refractivity contribution in [3.8, 4) is 0 Å². The van der Waals surface area contributed by atoms with Crippen molar-refractivity contribution in [2.45, 2.75) is 32.0 Å². The van der Waals surface area contributed by atoms with Crippen LogP contribution in [-0.2, 0) is 22.7 Å². The molecule has 0 unspecified atom stereocenters. The number of alkyl halides is 3. The number of hydrogen-bond donors (Lipinski definition) is 3. The van der Waals surface area contributed by atoms with Gasteiger partial charge in [-0.1, -0.05) is 6.42 Å². The number of aromatic nitrogens is 1. The molecule has 1 saturated carbocycles. The maximum atomic E-state index is 12.5. The molecule has 0 aliphatic heterocycles. The van der Waals surface area contributed by atoms with E-state index in [9.17, 15) is 21.6 Å². The minimum Gasteiger partial charge on any atom is -0.355 e. The summed E-state index contributed by atoms with van der Waals surface area (Å²) in [5, 5.41) is 6.84. The number of halogens is 3. The average molecular weight is 413 g/mol. The number of rotatable bonds is 8. The Labute approximate surface area is 154 Å². The lowest BCUT2D eigenvalue weighted by molar-refractivity contribution is -0.140. The molecule has 3 N–H and O–H groups in total. The van der Waals surface area contributed by atoms with Crippen molar-refractivity contribution >= 4 is 27.3 Å². The summed E-state index contributed by atoms with van der Waals surface area (Å²) in [6.07, 6.45) is -1.19. The van der Waals surface area contributed by atoms with E-state index in [0.717, 1.165) is 36.0 Å². The Balaban J connectivity index is 1.71. The van der Waals surface area contributed by atoms with E-state index in [0.29, 0.717) is 18.4 Å². The Kier molecular flexibility index (Phi) is 7.24. The quantitative estimate of drug-likeness (QED) is 0.444. The van der Waals surface area contributed by atoms with Crippen molar-refractivity contribution in [2.75, 3.05) is 25.9 Å². The third-order valence-electron chi connectivity index (χ3n) is 3.95. The molecule has 1 heterocycles. The first-order valence-electron chi connectivity index (χ1n) is 8.13. The number of sulfonamides is 1. The first kappa shape index (κ1) is 20.9. The van der Waals surface area contributed by atoms with Crippen molar-refractivity contribution in [2.24, 2.45) is 10.9 Å². The summed E-state index contributed by atoms with van der Waals surface area (Å²) >= 11 is 0.892. The minimum absolute atomic E-state index is 0.0626. The van der Waals surface area contributed by atoms with E-state index in [4.69, 9.17) is 0 Å². The summed E-state index contributed by atoms with van der Waals surface area (Å²) in [5.74, 6) is 0.616. The maximum absolute atomic E-state index is 12.5. The molecule has 2 rings (SSSR count). The van der Waals surface area contributed by atoms with Gasteiger partial charge in [-0.05, 0) is 18.8 Å². The highest BCUT2D eigenvalue weighted by Crippen LogP contribution is 2.29. The van der Waals surface area contributed by atoms with E-state index in [1.807, 2.05) is 0 Å². The largest absolute Gasteiger partial charge is 0.434 e. The Bertz CT molecular complexity index is 714. The molecule has 0 bridgehead atoms. The molecule has 1 aliphatic rings. The number of thiazole rings is 1. The van der Waals surface area contributed by atoms with E-state index in [1.165, 1.54) is 7.05 Å². The van der Waals surface area contributed by atoms with Crippen molar-refractivity contribution in [3.05, 3.63) is 16.1 Å². The average Bonchev–Trinajstić information content (AvgIpc) is 2.98. The molecular weight excluding hydrogens is 391 g/mol. The number of guanidine groups is 1. The van der Waals surface area contributed by atoms with Gasteiger partial charge in [-0.2, -0.15) is 13.2 Å². The van der Waals surface area contributed by atoms with Gasteiger partial charge in [-0.3, -0.25) is 4.99 Å². The molecule has 0 spiro atoms. The number of aliphatic imine (C=N–C) groups is 1. The number of nitrogens with zero attached hydrogens (tertiary/aromatic N) is 2. The first-order valence-corrected chi connectivity index (χ1v) is 10.7. The highest BCUT2D eigenvalue weighted by atomic mass is 32.2. The molecule has 1 aromatic heterocycles. The molecule has 1 aliphatic carbocycles. The Morgan fingerprint density at radius 2 is 2.12 bits per heavy atom. The predicted molar refractivity (Wildman–Crippen MR) is 94.4 cm³/mol. The van der Waals surface area contributed by atoms with Crippen LogP contribution in [0.2, 0.25) is 0 Å². The van der Waals surface area contributed by atoms with Crippen molar-refractivity contribution in [3.63, 3.8) is 0 Å². The molecule has 12 heteroatoms. The van der Waals surface area contributed by atoms with Crippen LogP contribution < -0.4 is 15.4 Å². The van der Waals surface area contributed by atoms with Gasteiger partial charge in [0.15, 0.2) is 11.7 Å². The fourth-order valence-corrected chi connectivity index (χ4v) is 3.97. The Morgan fingerprint density at radius 3 is 2.65 bits per heavy atom. The van der Waals surface area contributed by atoms with Gasteiger partial charge in [-0.25, -0.2) is 18.1 Å². The zero-order valence-electron chi connectivity index (χ0n) is 14.3. The van der Waals surface area contributed by atoms with Crippen molar-refractivity contribution in [1.29, 1.82) is 0 Å².